The van der Waals surface area contributed by atoms with E-state index in [1.54, 1.807) is 18.2 Å². The third-order valence-electron chi connectivity index (χ3n) is 1.79. The number of benzene rings is 1. The van der Waals surface area contributed by atoms with E-state index in [0.29, 0.717) is 16.5 Å². The lowest BCUT2D eigenvalue weighted by Gasteiger charge is -2.08. The zero-order chi connectivity index (χ0) is 12.0. The minimum atomic E-state index is -0.358. The quantitative estimate of drug-likeness (QED) is 0.798. The fourth-order valence-electron chi connectivity index (χ4n) is 1.06. The number of carbonyl (C=O) groups is 1. The van der Waals surface area contributed by atoms with E-state index in [1.807, 2.05) is 0 Å². The summed E-state index contributed by atoms with van der Waals surface area (Å²) in [6.45, 7) is 0.149. The number of halogens is 1. The second-order valence-electron chi connectivity index (χ2n) is 2.91. The lowest BCUT2D eigenvalue weighted by atomic mass is 10.3. The van der Waals surface area contributed by atoms with Gasteiger partial charge >= 0.3 is 6.03 Å². The van der Waals surface area contributed by atoms with Crippen LogP contribution < -0.4 is 15.4 Å². The van der Waals surface area contributed by atoms with E-state index >= 15 is 0 Å². The molecule has 0 aromatic heterocycles. The molecule has 2 N–H and O–H groups in total. The van der Waals surface area contributed by atoms with Crippen LogP contribution in [0.3, 0.4) is 0 Å². The van der Waals surface area contributed by atoms with Crippen molar-refractivity contribution in [2.45, 2.75) is 0 Å². The molecule has 0 bridgehead atoms. The van der Waals surface area contributed by atoms with Gasteiger partial charge in [-0.3, -0.25) is 0 Å². The first-order valence-electron chi connectivity index (χ1n) is 4.54. The Morgan fingerprint density at radius 3 is 2.75 bits per heavy atom. The van der Waals surface area contributed by atoms with Gasteiger partial charge in [-0.25, -0.2) is 4.79 Å². The number of nitrogens with one attached hydrogen (secondary N) is 2. The Kier molecular flexibility index (Phi) is 4.88. The van der Waals surface area contributed by atoms with E-state index in [-0.39, 0.29) is 12.8 Å². The SMILES string of the molecule is COCNC(=O)Nc1ccc(OC)c(Cl)c1. The number of hydrogen-bond acceptors (Lipinski definition) is 3. The summed E-state index contributed by atoms with van der Waals surface area (Å²) in [5.41, 5.74) is 0.583. The second-order valence-corrected chi connectivity index (χ2v) is 3.32. The molecule has 16 heavy (non-hydrogen) atoms. The van der Waals surface area contributed by atoms with E-state index in [1.165, 1.54) is 14.2 Å². The van der Waals surface area contributed by atoms with Crippen molar-refractivity contribution in [1.29, 1.82) is 0 Å². The van der Waals surface area contributed by atoms with Crippen molar-refractivity contribution in [3.05, 3.63) is 23.2 Å². The van der Waals surface area contributed by atoms with E-state index in [2.05, 4.69) is 10.6 Å². The maximum atomic E-state index is 11.3. The summed E-state index contributed by atoms with van der Waals surface area (Å²) in [5, 5.41) is 5.52. The monoisotopic (exact) mass is 244 g/mol. The first-order chi connectivity index (χ1) is 7.67. The lowest BCUT2D eigenvalue weighted by molar-refractivity contribution is 0.177. The van der Waals surface area contributed by atoms with Crippen molar-refractivity contribution in [3.8, 4) is 5.75 Å². The van der Waals surface area contributed by atoms with Crippen LogP contribution >= 0.6 is 11.6 Å². The molecule has 0 aliphatic rings. The maximum absolute atomic E-state index is 11.3. The molecule has 1 aromatic rings. The van der Waals surface area contributed by atoms with Gasteiger partial charge in [-0.2, -0.15) is 0 Å². The molecule has 1 rings (SSSR count). The predicted octanol–water partition coefficient (Wildman–Crippen LogP) is 2.07. The molecule has 1 aromatic carbocycles. The van der Waals surface area contributed by atoms with E-state index < -0.39 is 0 Å². The summed E-state index contributed by atoms with van der Waals surface area (Å²) >= 11 is 5.90. The number of carbonyl (C=O) groups excluding carboxylic acids is 1. The van der Waals surface area contributed by atoms with Crippen molar-refractivity contribution in [2.75, 3.05) is 26.3 Å². The van der Waals surface area contributed by atoms with Gasteiger partial charge in [-0.15, -0.1) is 0 Å². The van der Waals surface area contributed by atoms with Crippen molar-refractivity contribution in [1.82, 2.24) is 5.32 Å². The van der Waals surface area contributed by atoms with Crippen LogP contribution in [0, 0.1) is 0 Å². The van der Waals surface area contributed by atoms with Gasteiger partial charge < -0.3 is 20.1 Å². The Morgan fingerprint density at radius 2 is 2.19 bits per heavy atom. The van der Waals surface area contributed by atoms with Crippen LogP contribution in [0.4, 0.5) is 10.5 Å². The zero-order valence-corrected chi connectivity index (χ0v) is 9.80. The van der Waals surface area contributed by atoms with Gasteiger partial charge in [0.05, 0.1) is 12.1 Å². The first kappa shape index (κ1) is 12.6. The minimum absolute atomic E-state index is 0.149. The van der Waals surface area contributed by atoms with Gasteiger partial charge in [0.2, 0.25) is 0 Å². The number of anilines is 1. The summed E-state index contributed by atoms with van der Waals surface area (Å²) in [5.74, 6) is 0.560. The van der Waals surface area contributed by atoms with Crippen LogP contribution in [0.2, 0.25) is 5.02 Å². The molecule has 2 amide bonds. The van der Waals surface area contributed by atoms with Gasteiger partial charge in [0.15, 0.2) is 0 Å². The predicted molar refractivity (Wildman–Crippen MR) is 62.0 cm³/mol. The minimum Gasteiger partial charge on any atom is -0.495 e. The molecule has 0 spiro atoms. The Balaban J connectivity index is 2.61. The highest BCUT2D eigenvalue weighted by Gasteiger charge is 2.04. The number of ether oxygens (including phenoxy) is 2. The molecule has 5 nitrogen and oxygen atoms in total. The lowest BCUT2D eigenvalue weighted by Crippen LogP contribution is -2.30. The number of urea groups is 1. The van der Waals surface area contributed by atoms with Crippen LogP contribution in [0.15, 0.2) is 18.2 Å². The molecule has 0 atom stereocenters. The molecule has 0 heterocycles. The fraction of sp³-hybridized carbons (Fsp3) is 0.300. The Bertz CT molecular complexity index is 371. The van der Waals surface area contributed by atoms with Gasteiger partial charge in [0.25, 0.3) is 0 Å². The highest BCUT2D eigenvalue weighted by Crippen LogP contribution is 2.26. The third-order valence-corrected chi connectivity index (χ3v) is 2.08. The van der Waals surface area contributed by atoms with E-state index in [9.17, 15) is 4.79 Å². The first-order valence-corrected chi connectivity index (χ1v) is 4.92. The second kappa shape index (κ2) is 6.19. The largest absolute Gasteiger partial charge is 0.495 e. The molecular formula is C10H13ClN2O3. The smallest absolute Gasteiger partial charge is 0.321 e. The summed E-state index contributed by atoms with van der Waals surface area (Å²) in [6.07, 6.45) is 0. The fourth-order valence-corrected chi connectivity index (χ4v) is 1.31. The molecule has 0 unspecified atom stereocenters. The Morgan fingerprint density at radius 1 is 1.44 bits per heavy atom. The number of amides is 2. The number of rotatable bonds is 4. The Labute approximate surface area is 98.7 Å². The maximum Gasteiger partial charge on any atom is 0.321 e. The Hall–Kier alpha value is -1.46. The van der Waals surface area contributed by atoms with Crippen LogP contribution in [-0.2, 0) is 4.74 Å². The molecule has 88 valence electrons. The van der Waals surface area contributed by atoms with Crippen LogP contribution in [0.25, 0.3) is 0 Å². The van der Waals surface area contributed by atoms with Crippen LogP contribution in [0.1, 0.15) is 0 Å². The molecule has 0 saturated carbocycles. The third kappa shape index (κ3) is 3.60. The van der Waals surface area contributed by atoms with E-state index in [0.717, 1.165) is 0 Å². The van der Waals surface area contributed by atoms with Gasteiger partial charge in [0, 0.05) is 12.8 Å². The van der Waals surface area contributed by atoms with E-state index in [4.69, 9.17) is 21.1 Å². The summed E-state index contributed by atoms with van der Waals surface area (Å²) in [4.78, 5) is 11.3. The van der Waals surface area contributed by atoms with Gasteiger partial charge in [-0.1, -0.05) is 11.6 Å². The molecule has 0 aliphatic heterocycles. The molecule has 0 saturated heterocycles. The average molecular weight is 245 g/mol. The molecule has 0 fully saturated rings. The van der Waals surface area contributed by atoms with Crippen molar-refractivity contribution >= 4 is 23.3 Å². The average Bonchev–Trinajstić information content (AvgIpc) is 2.26. The van der Waals surface area contributed by atoms with Crippen molar-refractivity contribution in [3.63, 3.8) is 0 Å². The molecule has 0 radical (unpaired) electrons. The van der Waals surface area contributed by atoms with Crippen LogP contribution in [-0.4, -0.2) is 27.0 Å². The highest BCUT2D eigenvalue weighted by molar-refractivity contribution is 6.32. The van der Waals surface area contributed by atoms with Gasteiger partial charge in [0.1, 0.15) is 12.5 Å². The molecular weight excluding hydrogens is 232 g/mol. The summed E-state index contributed by atoms with van der Waals surface area (Å²) in [6, 6.07) is 4.61. The van der Waals surface area contributed by atoms with Crippen LogP contribution in [0.5, 0.6) is 5.75 Å². The molecule has 6 heteroatoms. The van der Waals surface area contributed by atoms with Crippen molar-refractivity contribution in [2.24, 2.45) is 0 Å². The number of methoxy groups -OCH3 is 2. The highest BCUT2D eigenvalue weighted by atomic mass is 35.5. The summed E-state index contributed by atoms with van der Waals surface area (Å²) in [7, 11) is 3.02. The van der Waals surface area contributed by atoms with Crippen molar-refractivity contribution < 1.29 is 14.3 Å². The zero-order valence-electron chi connectivity index (χ0n) is 9.04. The normalized spacial score (nSPS) is 9.69. The van der Waals surface area contributed by atoms with Gasteiger partial charge in [-0.05, 0) is 18.2 Å². The standard InChI is InChI=1S/C10H13ClN2O3/c1-15-6-12-10(14)13-7-3-4-9(16-2)8(11)5-7/h3-5H,6H2,1-2H3,(H2,12,13,14). The summed E-state index contributed by atoms with van der Waals surface area (Å²) < 4.78 is 9.68. The molecule has 0 aliphatic carbocycles. The number of hydrogen-bond donors (Lipinski definition) is 2. The topological polar surface area (TPSA) is 59.6 Å².